The molecule has 0 saturated carbocycles. The van der Waals surface area contributed by atoms with Crippen molar-refractivity contribution in [1.29, 1.82) is 0 Å². The number of nitrogens with one attached hydrogen (secondary N) is 1. The van der Waals surface area contributed by atoms with Crippen LogP contribution in [0.25, 0.3) is 0 Å². The topological polar surface area (TPSA) is 73.1 Å². The second-order valence-corrected chi connectivity index (χ2v) is 3.19. The van der Waals surface area contributed by atoms with Crippen molar-refractivity contribution in [3.8, 4) is 0 Å². The first kappa shape index (κ1) is 11.2. The molecule has 1 aromatic heterocycles. The van der Waals surface area contributed by atoms with Crippen molar-refractivity contribution in [2.45, 2.75) is 6.04 Å². The van der Waals surface area contributed by atoms with Crippen LogP contribution < -0.4 is 11.1 Å². The fraction of sp³-hybridized carbons (Fsp3) is 0.500. The van der Waals surface area contributed by atoms with Crippen molar-refractivity contribution < 1.29 is 4.74 Å². The average Bonchev–Trinajstić information content (AvgIpc) is 2.20. The smallest absolute Gasteiger partial charge is 0.223 e. The molecule has 0 aliphatic rings. The highest BCUT2D eigenvalue weighted by Gasteiger charge is 2.06. The minimum Gasteiger partial charge on any atom is -0.383 e. The van der Waals surface area contributed by atoms with E-state index in [0.717, 1.165) is 0 Å². The molecule has 1 unspecified atom stereocenters. The molecule has 0 radical (unpaired) electrons. The number of hydrogen-bond donors (Lipinski definition) is 2. The number of aromatic nitrogens is 2. The highest BCUT2D eigenvalue weighted by molar-refractivity contribution is 6.30. The zero-order valence-corrected chi connectivity index (χ0v) is 8.66. The molecule has 0 aliphatic carbocycles. The number of halogens is 1. The van der Waals surface area contributed by atoms with E-state index >= 15 is 0 Å². The molecule has 5 nitrogen and oxygen atoms in total. The molecule has 78 valence electrons. The standard InChI is InChI=1S/C8H13ClN4O/c1-14-5-7(2-10)13-8-11-3-6(9)4-12-8/h3-4,7H,2,5,10H2,1H3,(H,11,12,13). The Hall–Kier alpha value is -0.910. The highest BCUT2D eigenvalue weighted by atomic mass is 35.5. The summed E-state index contributed by atoms with van der Waals surface area (Å²) in [5.41, 5.74) is 5.51. The zero-order chi connectivity index (χ0) is 10.4. The van der Waals surface area contributed by atoms with Crippen molar-refractivity contribution in [2.24, 2.45) is 5.73 Å². The summed E-state index contributed by atoms with van der Waals surface area (Å²) in [6.07, 6.45) is 3.05. The van der Waals surface area contributed by atoms with Crippen molar-refractivity contribution in [1.82, 2.24) is 9.97 Å². The second-order valence-electron chi connectivity index (χ2n) is 2.76. The van der Waals surface area contributed by atoms with Crippen LogP contribution in [0.2, 0.25) is 5.02 Å². The van der Waals surface area contributed by atoms with Gasteiger partial charge in [0.1, 0.15) is 0 Å². The molecule has 0 bridgehead atoms. The van der Waals surface area contributed by atoms with Crippen LogP contribution >= 0.6 is 11.6 Å². The minimum atomic E-state index is 0.0150. The number of anilines is 1. The molecular weight excluding hydrogens is 204 g/mol. The molecule has 0 fully saturated rings. The molecule has 0 amide bonds. The van der Waals surface area contributed by atoms with Crippen molar-refractivity contribution in [2.75, 3.05) is 25.6 Å². The summed E-state index contributed by atoms with van der Waals surface area (Å²) < 4.78 is 4.97. The van der Waals surface area contributed by atoms with Crippen molar-refractivity contribution >= 4 is 17.5 Å². The molecule has 0 saturated heterocycles. The van der Waals surface area contributed by atoms with Gasteiger partial charge in [0, 0.05) is 13.7 Å². The predicted octanol–water partition coefficient (Wildman–Crippen LogP) is 0.516. The van der Waals surface area contributed by atoms with Gasteiger partial charge < -0.3 is 15.8 Å². The molecule has 0 aromatic carbocycles. The van der Waals surface area contributed by atoms with Crippen LogP contribution in [0.3, 0.4) is 0 Å². The van der Waals surface area contributed by atoms with E-state index in [0.29, 0.717) is 24.1 Å². The third-order valence-electron chi connectivity index (χ3n) is 1.61. The first-order valence-corrected chi connectivity index (χ1v) is 4.57. The van der Waals surface area contributed by atoms with E-state index in [-0.39, 0.29) is 6.04 Å². The number of ether oxygens (including phenoxy) is 1. The normalized spacial score (nSPS) is 12.5. The van der Waals surface area contributed by atoms with E-state index < -0.39 is 0 Å². The lowest BCUT2D eigenvalue weighted by atomic mass is 10.3. The molecule has 3 N–H and O–H groups in total. The van der Waals surface area contributed by atoms with Gasteiger partial charge in [0.05, 0.1) is 30.1 Å². The Morgan fingerprint density at radius 2 is 2.21 bits per heavy atom. The Morgan fingerprint density at radius 3 is 2.71 bits per heavy atom. The fourth-order valence-corrected chi connectivity index (χ4v) is 1.04. The summed E-state index contributed by atoms with van der Waals surface area (Å²) in [7, 11) is 1.62. The van der Waals surface area contributed by atoms with E-state index in [4.69, 9.17) is 22.1 Å². The number of nitrogens with zero attached hydrogens (tertiary/aromatic N) is 2. The number of rotatable bonds is 5. The largest absolute Gasteiger partial charge is 0.383 e. The van der Waals surface area contributed by atoms with Crippen LogP contribution in [-0.4, -0.2) is 36.3 Å². The van der Waals surface area contributed by atoms with Gasteiger partial charge >= 0.3 is 0 Å². The van der Waals surface area contributed by atoms with Crippen LogP contribution in [0.5, 0.6) is 0 Å². The van der Waals surface area contributed by atoms with Crippen molar-refractivity contribution in [3.63, 3.8) is 0 Å². The highest BCUT2D eigenvalue weighted by Crippen LogP contribution is 2.06. The minimum absolute atomic E-state index is 0.0150. The Balaban J connectivity index is 2.53. The average molecular weight is 217 g/mol. The quantitative estimate of drug-likeness (QED) is 0.751. The van der Waals surface area contributed by atoms with Gasteiger partial charge in [0.2, 0.25) is 5.95 Å². The van der Waals surface area contributed by atoms with E-state index in [1.165, 1.54) is 12.4 Å². The molecule has 1 heterocycles. The first-order valence-electron chi connectivity index (χ1n) is 4.19. The SMILES string of the molecule is COCC(CN)Nc1ncc(Cl)cn1. The van der Waals surface area contributed by atoms with Gasteiger partial charge in [-0.3, -0.25) is 0 Å². The third kappa shape index (κ3) is 3.45. The Morgan fingerprint density at radius 1 is 1.57 bits per heavy atom. The summed E-state index contributed by atoms with van der Waals surface area (Å²) in [5, 5.41) is 3.53. The third-order valence-corrected chi connectivity index (χ3v) is 1.80. The van der Waals surface area contributed by atoms with Crippen molar-refractivity contribution in [3.05, 3.63) is 17.4 Å². The van der Waals surface area contributed by atoms with Gasteiger partial charge in [0.25, 0.3) is 0 Å². The molecule has 14 heavy (non-hydrogen) atoms. The summed E-state index contributed by atoms with van der Waals surface area (Å²) >= 11 is 5.64. The summed E-state index contributed by atoms with van der Waals surface area (Å²) in [4.78, 5) is 7.97. The van der Waals surface area contributed by atoms with Gasteiger partial charge in [-0.1, -0.05) is 11.6 Å². The van der Waals surface area contributed by atoms with Crippen LogP contribution in [0.1, 0.15) is 0 Å². The summed E-state index contributed by atoms with van der Waals surface area (Å²) in [5.74, 6) is 0.502. The molecule has 6 heteroatoms. The number of hydrogen-bond acceptors (Lipinski definition) is 5. The molecule has 1 aromatic rings. The fourth-order valence-electron chi connectivity index (χ4n) is 0.939. The number of methoxy groups -OCH3 is 1. The van der Waals surface area contributed by atoms with E-state index in [2.05, 4.69) is 15.3 Å². The first-order chi connectivity index (χ1) is 6.76. The maximum atomic E-state index is 5.64. The number of nitrogens with two attached hydrogens (primary N) is 1. The summed E-state index contributed by atoms with van der Waals surface area (Å²) in [6, 6.07) is 0.0150. The lowest BCUT2D eigenvalue weighted by molar-refractivity contribution is 0.187. The van der Waals surface area contributed by atoms with Crippen LogP contribution in [0, 0.1) is 0 Å². The van der Waals surface area contributed by atoms with Crippen LogP contribution in [0.4, 0.5) is 5.95 Å². The van der Waals surface area contributed by atoms with Gasteiger partial charge in [-0.05, 0) is 0 Å². The van der Waals surface area contributed by atoms with E-state index in [1.807, 2.05) is 0 Å². The Bertz CT molecular complexity index is 267. The van der Waals surface area contributed by atoms with Crippen LogP contribution in [-0.2, 0) is 4.74 Å². The lowest BCUT2D eigenvalue weighted by Gasteiger charge is -2.15. The van der Waals surface area contributed by atoms with Gasteiger partial charge in [-0.2, -0.15) is 0 Å². The van der Waals surface area contributed by atoms with Gasteiger partial charge in [-0.15, -0.1) is 0 Å². The molecular formula is C8H13ClN4O. The molecule has 1 rings (SSSR count). The van der Waals surface area contributed by atoms with Gasteiger partial charge in [-0.25, -0.2) is 9.97 Å². The second kappa shape index (κ2) is 5.74. The molecule has 0 spiro atoms. The molecule has 1 atom stereocenters. The zero-order valence-electron chi connectivity index (χ0n) is 7.90. The van der Waals surface area contributed by atoms with Crippen LogP contribution in [0.15, 0.2) is 12.4 Å². The van der Waals surface area contributed by atoms with E-state index in [9.17, 15) is 0 Å². The van der Waals surface area contributed by atoms with Gasteiger partial charge in [0.15, 0.2) is 0 Å². The van der Waals surface area contributed by atoms with E-state index in [1.54, 1.807) is 7.11 Å². The lowest BCUT2D eigenvalue weighted by Crippen LogP contribution is -2.33. The predicted molar refractivity (Wildman–Crippen MR) is 55.4 cm³/mol. The monoisotopic (exact) mass is 216 g/mol. The summed E-state index contributed by atoms with van der Waals surface area (Å²) in [6.45, 7) is 0.975. The maximum absolute atomic E-state index is 5.64. The Labute approximate surface area is 87.6 Å². The maximum Gasteiger partial charge on any atom is 0.223 e. The molecule has 0 aliphatic heterocycles. The Kier molecular flexibility index (Phi) is 4.58.